The summed E-state index contributed by atoms with van der Waals surface area (Å²) in [6.07, 6.45) is 3.37. The summed E-state index contributed by atoms with van der Waals surface area (Å²) in [5.74, 6) is -2.83. The van der Waals surface area contributed by atoms with E-state index >= 15 is 0 Å². The molecule has 13 heavy (non-hydrogen) atoms. The van der Waals surface area contributed by atoms with Crippen molar-refractivity contribution >= 4 is 11.8 Å². The van der Waals surface area contributed by atoms with Crippen molar-refractivity contribution in [2.75, 3.05) is 0 Å². The molecule has 1 unspecified atom stereocenters. The van der Waals surface area contributed by atoms with E-state index in [9.17, 15) is 9.59 Å². The number of nitrogens with zero attached hydrogens (tertiary/aromatic N) is 1. The maximum atomic E-state index is 11.0. The molecule has 0 fully saturated rings. The third kappa shape index (κ3) is 2.15. The number of rotatable bonds is 2. The van der Waals surface area contributed by atoms with E-state index in [1.54, 1.807) is 0 Å². The highest BCUT2D eigenvalue weighted by atomic mass is 16.4. The highest BCUT2D eigenvalue weighted by Gasteiger charge is 2.25. The molecule has 1 atom stereocenters. The Hall–Kier alpha value is -1.63. The minimum absolute atomic E-state index is 0.519. The van der Waals surface area contributed by atoms with Crippen LogP contribution >= 0.6 is 0 Å². The summed E-state index contributed by atoms with van der Waals surface area (Å²) in [7, 11) is 0. The van der Waals surface area contributed by atoms with Crippen molar-refractivity contribution in [1.82, 2.24) is 0 Å². The van der Waals surface area contributed by atoms with Gasteiger partial charge in [0.2, 0.25) is 5.78 Å². The SMILES string of the molecule is N#CC1=CC(C(=O)C(=O)O)CCC1. The fourth-order valence-corrected chi connectivity index (χ4v) is 1.38. The molecule has 1 rings (SSSR count). The zero-order valence-electron chi connectivity index (χ0n) is 6.99. The van der Waals surface area contributed by atoms with E-state index in [0.717, 1.165) is 0 Å². The van der Waals surface area contributed by atoms with E-state index < -0.39 is 17.7 Å². The van der Waals surface area contributed by atoms with Gasteiger partial charge in [0.15, 0.2) is 0 Å². The third-order valence-corrected chi connectivity index (χ3v) is 2.05. The highest BCUT2D eigenvalue weighted by Crippen LogP contribution is 2.22. The lowest BCUT2D eigenvalue weighted by molar-refractivity contribution is -0.150. The number of ketones is 1. The first-order chi connectivity index (χ1) is 6.15. The van der Waals surface area contributed by atoms with Crippen LogP contribution in [-0.2, 0) is 9.59 Å². The monoisotopic (exact) mass is 179 g/mol. The number of Topliss-reactive ketones (excluding diaryl/α,β-unsaturated/α-hetero) is 1. The van der Waals surface area contributed by atoms with Crippen LogP contribution in [0.2, 0.25) is 0 Å². The maximum Gasteiger partial charge on any atom is 0.372 e. The zero-order chi connectivity index (χ0) is 9.84. The molecule has 0 spiro atoms. The maximum absolute atomic E-state index is 11.0. The smallest absolute Gasteiger partial charge is 0.372 e. The second-order valence-electron chi connectivity index (χ2n) is 2.97. The van der Waals surface area contributed by atoms with Gasteiger partial charge in [0.25, 0.3) is 0 Å². The zero-order valence-corrected chi connectivity index (χ0v) is 6.99. The molecule has 1 N–H and O–H groups in total. The fourth-order valence-electron chi connectivity index (χ4n) is 1.38. The minimum atomic E-state index is -1.42. The van der Waals surface area contributed by atoms with Crippen LogP contribution in [0.3, 0.4) is 0 Å². The number of nitriles is 1. The Morgan fingerprint density at radius 1 is 1.62 bits per heavy atom. The number of carboxylic acids is 1. The van der Waals surface area contributed by atoms with E-state index in [1.165, 1.54) is 6.08 Å². The number of hydrogen-bond acceptors (Lipinski definition) is 3. The lowest BCUT2D eigenvalue weighted by atomic mass is 9.88. The number of carboxylic acid groups (broad SMARTS) is 1. The van der Waals surface area contributed by atoms with Crippen molar-refractivity contribution in [2.45, 2.75) is 19.3 Å². The molecule has 0 saturated heterocycles. The summed E-state index contributed by atoms with van der Waals surface area (Å²) in [6, 6.07) is 1.94. The van der Waals surface area contributed by atoms with Crippen LogP contribution in [0.15, 0.2) is 11.6 Å². The van der Waals surface area contributed by atoms with Crippen LogP contribution in [0.5, 0.6) is 0 Å². The Labute approximate surface area is 75.5 Å². The number of allylic oxidation sites excluding steroid dienone is 2. The predicted octanol–water partition coefficient (Wildman–Crippen LogP) is 0.890. The minimum Gasteiger partial charge on any atom is -0.475 e. The molecule has 68 valence electrons. The highest BCUT2D eigenvalue weighted by molar-refractivity contribution is 6.34. The van der Waals surface area contributed by atoms with Crippen molar-refractivity contribution in [1.29, 1.82) is 5.26 Å². The first-order valence-corrected chi connectivity index (χ1v) is 4.03. The van der Waals surface area contributed by atoms with Gasteiger partial charge in [0.1, 0.15) is 0 Å². The van der Waals surface area contributed by atoms with Crippen molar-refractivity contribution < 1.29 is 14.7 Å². The Balaban J connectivity index is 2.78. The van der Waals surface area contributed by atoms with Gasteiger partial charge in [-0.1, -0.05) is 6.08 Å². The second-order valence-corrected chi connectivity index (χ2v) is 2.97. The van der Waals surface area contributed by atoms with Gasteiger partial charge in [-0.05, 0) is 19.3 Å². The normalized spacial score (nSPS) is 21.5. The van der Waals surface area contributed by atoms with Crippen molar-refractivity contribution in [3.63, 3.8) is 0 Å². The van der Waals surface area contributed by atoms with Crippen molar-refractivity contribution in [3.8, 4) is 6.07 Å². The molecule has 0 aliphatic heterocycles. The van der Waals surface area contributed by atoms with E-state index in [1.807, 2.05) is 6.07 Å². The van der Waals surface area contributed by atoms with Gasteiger partial charge in [-0.2, -0.15) is 5.26 Å². The van der Waals surface area contributed by atoms with Crippen LogP contribution in [0.25, 0.3) is 0 Å². The molecule has 0 aromatic rings. The molecule has 1 aliphatic carbocycles. The summed E-state index contributed by atoms with van der Waals surface area (Å²) < 4.78 is 0. The summed E-state index contributed by atoms with van der Waals surface area (Å²) >= 11 is 0. The van der Waals surface area contributed by atoms with Gasteiger partial charge in [0.05, 0.1) is 6.07 Å². The molecule has 4 heteroatoms. The van der Waals surface area contributed by atoms with Gasteiger partial charge in [0, 0.05) is 11.5 Å². The standard InChI is InChI=1S/C9H9NO3/c10-5-6-2-1-3-7(4-6)8(11)9(12)13/h4,7H,1-3H2,(H,12,13). The topological polar surface area (TPSA) is 78.2 Å². The van der Waals surface area contributed by atoms with Gasteiger partial charge < -0.3 is 5.11 Å². The lowest BCUT2D eigenvalue weighted by Crippen LogP contribution is -2.23. The number of aliphatic carboxylic acids is 1. The Morgan fingerprint density at radius 2 is 2.31 bits per heavy atom. The quantitative estimate of drug-likeness (QED) is 0.638. The van der Waals surface area contributed by atoms with Crippen LogP contribution in [0.4, 0.5) is 0 Å². The van der Waals surface area contributed by atoms with Crippen molar-refractivity contribution in [3.05, 3.63) is 11.6 Å². The van der Waals surface area contributed by atoms with E-state index in [0.29, 0.717) is 24.8 Å². The van der Waals surface area contributed by atoms with Crippen LogP contribution in [0.1, 0.15) is 19.3 Å². The van der Waals surface area contributed by atoms with Crippen LogP contribution in [0, 0.1) is 17.2 Å². The molecule has 0 bridgehead atoms. The molecule has 0 radical (unpaired) electrons. The Bertz CT molecular complexity index is 311. The van der Waals surface area contributed by atoms with Gasteiger partial charge >= 0.3 is 5.97 Å². The first-order valence-electron chi connectivity index (χ1n) is 4.03. The van der Waals surface area contributed by atoms with Gasteiger partial charge in [-0.15, -0.1) is 0 Å². The molecule has 0 heterocycles. The van der Waals surface area contributed by atoms with E-state index in [-0.39, 0.29) is 0 Å². The molecule has 1 aliphatic rings. The number of hydrogen-bond donors (Lipinski definition) is 1. The van der Waals surface area contributed by atoms with Gasteiger partial charge in [-0.3, -0.25) is 4.79 Å². The first kappa shape index (κ1) is 9.46. The van der Waals surface area contributed by atoms with E-state index in [4.69, 9.17) is 10.4 Å². The lowest BCUT2D eigenvalue weighted by Gasteiger charge is -2.14. The summed E-state index contributed by atoms with van der Waals surface area (Å²) in [5.41, 5.74) is 0.519. The molecule has 0 aromatic carbocycles. The molecular formula is C9H9NO3. The Morgan fingerprint density at radius 3 is 2.85 bits per heavy atom. The molecule has 0 saturated carbocycles. The fraction of sp³-hybridized carbons (Fsp3) is 0.444. The third-order valence-electron chi connectivity index (χ3n) is 2.05. The summed E-state index contributed by atoms with van der Waals surface area (Å²) in [5, 5.41) is 17.0. The molecule has 0 amide bonds. The van der Waals surface area contributed by atoms with Crippen molar-refractivity contribution in [2.24, 2.45) is 5.92 Å². The number of carbonyl (C=O) groups excluding carboxylic acids is 1. The molecule has 4 nitrogen and oxygen atoms in total. The molecule has 0 aromatic heterocycles. The van der Waals surface area contributed by atoms with Crippen LogP contribution in [-0.4, -0.2) is 16.9 Å². The predicted molar refractivity (Wildman–Crippen MR) is 43.7 cm³/mol. The second kappa shape index (κ2) is 3.85. The summed E-state index contributed by atoms with van der Waals surface area (Å²) in [6.45, 7) is 0. The molecular weight excluding hydrogens is 170 g/mol. The average Bonchev–Trinajstić information content (AvgIpc) is 2.16. The van der Waals surface area contributed by atoms with E-state index in [2.05, 4.69) is 0 Å². The average molecular weight is 179 g/mol. The largest absolute Gasteiger partial charge is 0.475 e. The van der Waals surface area contributed by atoms with Gasteiger partial charge in [-0.25, -0.2) is 4.79 Å². The Kier molecular flexibility index (Phi) is 2.80. The summed E-state index contributed by atoms with van der Waals surface area (Å²) in [4.78, 5) is 21.3. The number of carbonyl (C=O) groups is 2. The van der Waals surface area contributed by atoms with Crippen LogP contribution < -0.4 is 0 Å².